The average molecular weight is 353 g/mol. The van der Waals surface area contributed by atoms with Crippen molar-refractivity contribution in [1.82, 2.24) is 4.90 Å². The fraction of sp³-hybridized carbons (Fsp3) is 0.333. The molecule has 1 amide bonds. The van der Waals surface area contributed by atoms with Crippen LogP contribution in [0.25, 0.3) is 0 Å². The largest absolute Gasteiger partial charge is 0.497 e. The molecule has 2 aromatic carbocycles. The number of ether oxygens (including phenoxy) is 1. The van der Waals surface area contributed by atoms with Crippen LogP contribution in [-0.2, 0) is 22.4 Å². The molecule has 3 rings (SSSR count). The van der Waals surface area contributed by atoms with E-state index >= 15 is 0 Å². The lowest BCUT2D eigenvalue weighted by molar-refractivity contribution is -0.152. The fourth-order valence-electron chi connectivity index (χ4n) is 3.56. The second-order valence-electron chi connectivity index (χ2n) is 6.67. The number of fused-ring (bicyclic) bond motifs is 1. The molecule has 136 valence electrons. The third-order valence-electron chi connectivity index (χ3n) is 4.92. The van der Waals surface area contributed by atoms with Gasteiger partial charge in [0.15, 0.2) is 6.04 Å². The number of nitrogens with zero attached hydrogens (tertiary/aromatic N) is 1. The van der Waals surface area contributed by atoms with Crippen molar-refractivity contribution in [1.29, 1.82) is 0 Å². The van der Waals surface area contributed by atoms with E-state index in [-0.39, 0.29) is 11.8 Å². The zero-order chi connectivity index (χ0) is 18.7. The molecule has 1 N–H and O–H groups in total. The van der Waals surface area contributed by atoms with Crippen LogP contribution in [0.15, 0.2) is 48.5 Å². The molecule has 26 heavy (non-hydrogen) atoms. The average Bonchev–Trinajstić information content (AvgIpc) is 2.66. The molecule has 5 nitrogen and oxygen atoms in total. The van der Waals surface area contributed by atoms with Gasteiger partial charge in [-0.15, -0.1) is 0 Å². The molecular weight excluding hydrogens is 330 g/mol. The zero-order valence-corrected chi connectivity index (χ0v) is 15.0. The predicted molar refractivity (Wildman–Crippen MR) is 98.1 cm³/mol. The first-order valence-corrected chi connectivity index (χ1v) is 8.75. The number of rotatable bonds is 5. The van der Waals surface area contributed by atoms with E-state index in [4.69, 9.17) is 4.74 Å². The van der Waals surface area contributed by atoms with Crippen LogP contribution in [-0.4, -0.2) is 35.5 Å². The lowest BCUT2D eigenvalue weighted by Gasteiger charge is -2.36. The summed E-state index contributed by atoms with van der Waals surface area (Å²) in [6.07, 6.45) is 1.24. The Kier molecular flexibility index (Phi) is 5.26. The van der Waals surface area contributed by atoms with Gasteiger partial charge < -0.3 is 14.7 Å². The Morgan fingerprint density at radius 3 is 2.54 bits per heavy atom. The highest BCUT2D eigenvalue weighted by Gasteiger charge is 2.37. The van der Waals surface area contributed by atoms with Crippen molar-refractivity contribution in [3.63, 3.8) is 0 Å². The number of carbonyl (C=O) groups excluding carboxylic acids is 1. The molecule has 2 unspecified atom stereocenters. The van der Waals surface area contributed by atoms with Crippen molar-refractivity contribution in [2.75, 3.05) is 13.7 Å². The van der Waals surface area contributed by atoms with Crippen LogP contribution in [0.3, 0.4) is 0 Å². The van der Waals surface area contributed by atoms with Gasteiger partial charge in [-0.1, -0.05) is 43.3 Å². The summed E-state index contributed by atoms with van der Waals surface area (Å²) in [6.45, 7) is 2.28. The van der Waals surface area contributed by atoms with Crippen LogP contribution in [0.1, 0.15) is 29.7 Å². The maximum absolute atomic E-state index is 13.0. The van der Waals surface area contributed by atoms with E-state index in [2.05, 4.69) is 0 Å². The van der Waals surface area contributed by atoms with Gasteiger partial charge in [-0.2, -0.15) is 0 Å². The Labute approximate surface area is 153 Å². The third kappa shape index (κ3) is 3.57. The molecule has 2 atom stereocenters. The second-order valence-corrected chi connectivity index (χ2v) is 6.67. The van der Waals surface area contributed by atoms with Crippen molar-refractivity contribution < 1.29 is 19.4 Å². The van der Waals surface area contributed by atoms with Crippen LogP contribution < -0.4 is 4.74 Å². The number of amides is 1. The molecule has 2 aromatic rings. The minimum atomic E-state index is -0.984. The minimum Gasteiger partial charge on any atom is -0.497 e. The molecule has 0 saturated carbocycles. The highest BCUT2D eigenvalue weighted by Crippen LogP contribution is 2.31. The molecule has 5 heteroatoms. The number of methoxy groups -OCH3 is 1. The number of aliphatic carboxylic acids is 1. The van der Waals surface area contributed by atoms with Gasteiger partial charge in [-0.05, 0) is 41.7 Å². The van der Waals surface area contributed by atoms with Gasteiger partial charge >= 0.3 is 5.97 Å². The summed E-state index contributed by atoms with van der Waals surface area (Å²) >= 11 is 0. The molecule has 0 radical (unpaired) electrons. The van der Waals surface area contributed by atoms with Gasteiger partial charge in [0.25, 0.3) is 0 Å². The summed E-state index contributed by atoms with van der Waals surface area (Å²) in [6, 6.07) is 14.2. The molecule has 0 aromatic heterocycles. The first-order valence-electron chi connectivity index (χ1n) is 8.75. The summed E-state index contributed by atoms with van der Waals surface area (Å²) in [5.41, 5.74) is 2.75. The van der Waals surface area contributed by atoms with Crippen LogP contribution >= 0.6 is 0 Å². The summed E-state index contributed by atoms with van der Waals surface area (Å²) in [4.78, 5) is 26.4. The summed E-state index contributed by atoms with van der Waals surface area (Å²) < 4.78 is 5.15. The first-order chi connectivity index (χ1) is 12.5. The summed E-state index contributed by atoms with van der Waals surface area (Å²) in [5, 5.41) is 9.73. The smallest absolute Gasteiger partial charge is 0.331 e. The quantitative estimate of drug-likeness (QED) is 0.897. The SMILES string of the molecule is COc1ccc(CC(C)C(=O)N2CCc3ccccc3C2C(=O)O)cc1. The molecule has 0 saturated heterocycles. The molecule has 0 aliphatic carbocycles. The Balaban J connectivity index is 1.78. The molecular formula is C21H23NO4. The third-order valence-corrected chi connectivity index (χ3v) is 4.92. The van der Waals surface area contributed by atoms with E-state index in [9.17, 15) is 14.7 Å². The van der Waals surface area contributed by atoms with Gasteiger partial charge in [-0.3, -0.25) is 4.79 Å². The lowest BCUT2D eigenvalue weighted by atomic mass is 9.90. The number of carboxylic acids is 1. The first kappa shape index (κ1) is 18.0. The number of hydrogen-bond donors (Lipinski definition) is 1. The van der Waals surface area contributed by atoms with Crippen molar-refractivity contribution >= 4 is 11.9 Å². The number of carbonyl (C=O) groups is 2. The van der Waals surface area contributed by atoms with E-state index in [1.807, 2.05) is 55.5 Å². The van der Waals surface area contributed by atoms with Gasteiger partial charge in [0.1, 0.15) is 5.75 Å². The fourth-order valence-corrected chi connectivity index (χ4v) is 3.56. The molecule has 0 fully saturated rings. The monoisotopic (exact) mass is 353 g/mol. The topological polar surface area (TPSA) is 66.8 Å². The van der Waals surface area contributed by atoms with Gasteiger partial charge in [0.05, 0.1) is 7.11 Å². The van der Waals surface area contributed by atoms with Crippen LogP contribution in [0, 0.1) is 5.92 Å². The number of hydrogen-bond acceptors (Lipinski definition) is 3. The maximum atomic E-state index is 13.0. The van der Waals surface area contributed by atoms with Crippen molar-refractivity contribution in [3.8, 4) is 5.75 Å². The van der Waals surface area contributed by atoms with E-state index in [0.717, 1.165) is 22.4 Å². The Morgan fingerprint density at radius 1 is 1.19 bits per heavy atom. The van der Waals surface area contributed by atoms with E-state index in [1.165, 1.54) is 4.90 Å². The zero-order valence-electron chi connectivity index (χ0n) is 15.0. The maximum Gasteiger partial charge on any atom is 0.331 e. The van der Waals surface area contributed by atoms with Gasteiger partial charge in [-0.25, -0.2) is 4.79 Å². The highest BCUT2D eigenvalue weighted by atomic mass is 16.5. The van der Waals surface area contributed by atoms with Crippen molar-refractivity contribution in [2.45, 2.75) is 25.8 Å². The molecule has 0 spiro atoms. The summed E-state index contributed by atoms with van der Waals surface area (Å²) in [7, 11) is 1.61. The lowest BCUT2D eigenvalue weighted by Crippen LogP contribution is -2.46. The molecule has 1 aliphatic rings. The predicted octanol–water partition coefficient (Wildman–Crippen LogP) is 3.08. The van der Waals surface area contributed by atoms with Crippen LogP contribution in [0.4, 0.5) is 0 Å². The summed E-state index contributed by atoms with van der Waals surface area (Å²) in [5.74, 6) is -0.633. The minimum absolute atomic E-state index is 0.122. The van der Waals surface area contributed by atoms with Crippen LogP contribution in [0.5, 0.6) is 5.75 Å². The second kappa shape index (κ2) is 7.60. The van der Waals surface area contributed by atoms with E-state index in [1.54, 1.807) is 7.11 Å². The standard InChI is InChI=1S/C21H23NO4/c1-14(13-15-7-9-17(26-2)10-8-15)20(23)22-12-11-16-5-3-4-6-18(16)19(22)21(24)25/h3-10,14,19H,11-13H2,1-2H3,(H,24,25). The number of benzene rings is 2. The Morgan fingerprint density at radius 2 is 1.88 bits per heavy atom. The Bertz CT molecular complexity index is 800. The van der Waals surface area contributed by atoms with Crippen molar-refractivity contribution in [3.05, 3.63) is 65.2 Å². The molecule has 1 aliphatic heterocycles. The van der Waals surface area contributed by atoms with E-state index < -0.39 is 12.0 Å². The molecule has 0 bridgehead atoms. The van der Waals surface area contributed by atoms with E-state index in [0.29, 0.717) is 19.4 Å². The number of carboxylic acid groups (broad SMARTS) is 1. The normalized spacial score (nSPS) is 17.3. The van der Waals surface area contributed by atoms with Crippen molar-refractivity contribution in [2.24, 2.45) is 5.92 Å². The Hall–Kier alpha value is -2.82. The van der Waals surface area contributed by atoms with Gasteiger partial charge in [0.2, 0.25) is 5.91 Å². The van der Waals surface area contributed by atoms with Gasteiger partial charge in [0, 0.05) is 12.5 Å². The molecule has 1 heterocycles. The highest BCUT2D eigenvalue weighted by molar-refractivity contribution is 5.86. The van der Waals surface area contributed by atoms with Crippen LogP contribution in [0.2, 0.25) is 0 Å².